The van der Waals surface area contributed by atoms with E-state index in [1.54, 1.807) is 18.2 Å². The van der Waals surface area contributed by atoms with Gasteiger partial charge < -0.3 is 5.32 Å². The highest BCUT2D eigenvalue weighted by Crippen LogP contribution is 2.22. The van der Waals surface area contributed by atoms with Crippen LogP contribution in [0.2, 0.25) is 0 Å². The van der Waals surface area contributed by atoms with Gasteiger partial charge in [0.2, 0.25) is 0 Å². The van der Waals surface area contributed by atoms with Crippen molar-refractivity contribution < 1.29 is 4.92 Å². The predicted octanol–water partition coefficient (Wildman–Crippen LogP) is 4.85. The number of hydrogen-bond donors (Lipinski definition) is 1. The molecule has 1 rings (SSSR count). The molecule has 0 saturated carbocycles. The van der Waals surface area contributed by atoms with Crippen LogP contribution in [0.4, 0.5) is 5.69 Å². The second kappa shape index (κ2) is 8.78. The lowest BCUT2D eigenvalue weighted by Crippen LogP contribution is -2.30. The number of nitrogens with zero attached hydrogens (tertiary/aromatic N) is 1. The number of nitrogens with one attached hydrogen (secondary N) is 1. The van der Waals surface area contributed by atoms with Gasteiger partial charge in [0.05, 0.1) is 4.92 Å². The standard InChI is InChI=1S/C17H28N2O2/c1-5-17(18-14(4)9-6-8-13(2)3)15-10-7-11-16(12-15)19(20)21/h7,10-14,17-18H,5-6,8-9H2,1-4H3. The molecule has 2 unspecified atom stereocenters. The van der Waals surface area contributed by atoms with Gasteiger partial charge in [-0.15, -0.1) is 0 Å². The third-order valence-electron chi connectivity index (χ3n) is 3.80. The molecule has 2 atom stereocenters. The lowest BCUT2D eigenvalue weighted by atomic mass is 10.00. The van der Waals surface area contributed by atoms with Gasteiger partial charge in [0.25, 0.3) is 5.69 Å². The van der Waals surface area contributed by atoms with Gasteiger partial charge in [-0.3, -0.25) is 10.1 Å². The van der Waals surface area contributed by atoms with Gasteiger partial charge >= 0.3 is 0 Å². The highest BCUT2D eigenvalue weighted by atomic mass is 16.6. The van der Waals surface area contributed by atoms with E-state index in [0.29, 0.717) is 6.04 Å². The third-order valence-corrected chi connectivity index (χ3v) is 3.80. The molecule has 4 heteroatoms. The highest BCUT2D eigenvalue weighted by Gasteiger charge is 2.15. The lowest BCUT2D eigenvalue weighted by molar-refractivity contribution is -0.384. The van der Waals surface area contributed by atoms with Crippen LogP contribution in [0.25, 0.3) is 0 Å². The quantitative estimate of drug-likeness (QED) is 0.523. The van der Waals surface area contributed by atoms with E-state index in [9.17, 15) is 10.1 Å². The second-order valence-corrected chi connectivity index (χ2v) is 6.21. The molecule has 0 bridgehead atoms. The normalized spacial score (nSPS) is 14.1. The van der Waals surface area contributed by atoms with Gasteiger partial charge in [0.15, 0.2) is 0 Å². The Kier molecular flexibility index (Phi) is 7.37. The summed E-state index contributed by atoms with van der Waals surface area (Å²) in [6.45, 7) is 8.80. The first-order valence-corrected chi connectivity index (χ1v) is 7.94. The molecule has 0 fully saturated rings. The Bertz CT molecular complexity index is 446. The molecular weight excluding hydrogens is 264 g/mol. The van der Waals surface area contributed by atoms with Crippen LogP contribution < -0.4 is 5.32 Å². The fourth-order valence-corrected chi connectivity index (χ4v) is 2.56. The molecule has 0 spiro atoms. The number of nitro groups is 1. The van der Waals surface area contributed by atoms with Crippen LogP contribution in [0.3, 0.4) is 0 Å². The van der Waals surface area contributed by atoms with Crippen LogP contribution >= 0.6 is 0 Å². The molecule has 0 aliphatic carbocycles. The van der Waals surface area contributed by atoms with Crippen molar-refractivity contribution >= 4 is 5.69 Å². The zero-order valence-corrected chi connectivity index (χ0v) is 13.6. The van der Waals surface area contributed by atoms with Gasteiger partial charge in [-0.25, -0.2) is 0 Å². The molecule has 0 radical (unpaired) electrons. The minimum absolute atomic E-state index is 0.167. The molecular formula is C17H28N2O2. The molecule has 0 aliphatic rings. The summed E-state index contributed by atoms with van der Waals surface area (Å²) >= 11 is 0. The van der Waals surface area contributed by atoms with Crippen LogP contribution in [-0.4, -0.2) is 11.0 Å². The number of non-ortho nitro benzene ring substituents is 1. The maximum absolute atomic E-state index is 10.9. The maximum atomic E-state index is 10.9. The van der Waals surface area contributed by atoms with Crippen LogP contribution in [0, 0.1) is 16.0 Å². The van der Waals surface area contributed by atoms with Gasteiger partial charge in [-0.1, -0.05) is 45.7 Å². The molecule has 0 heterocycles. The fraction of sp³-hybridized carbons (Fsp3) is 0.647. The Labute approximate surface area is 128 Å². The zero-order chi connectivity index (χ0) is 15.8. The summed E-state index contributed by atoms with van der Waals surface area (Å²) in [5.41, 5.74) is 1.17. The molecule has 0 aliphatic heterocycles. The minimum atomic E-state index is -0.331. The molecule has 1 aromatic rings. The molecule has 0 amide bonds. The molecule has 21 heavy (non-hydrogen) atoms. The van der Waals surface area contributed by atoms with E-state index in [2.05, 4.69) is 33.0 Å². The van der Waals surface area contributed by atoms with Gasteiger partial charge in [-0.2, -0.15) is 0 Å². The van der Waals surface area contributed by atoms with Crippen LogP contribution in [0.5, 0.6) is 0 Å². The predicted molar refractivity (Wildman–Crippen MR) is 87.4 cm³/mol. The summed E-state index contributed by atoms with van der Waals surface area (Å²) in [5, 5.41) is 14.5. The number of nitro benzene ring substituents is 1. The average Bonchev–Trinajstić information content (AvgIpc) is 2.44. The van der Waals surface area contributed by atoms with Crippen molar-refractivity contribution in [1.82, 2.24) is 5.32 Å². The largest absolute Gasteiger partial charge is 0.307 e. The van der Waals surface area contributed by atoms with Crippen molar-refractivity contribution in [3.8, 4) is 0 Å². The maximum Gasteiger partial charge on any atom is 0.269 e. The smallest absolute Gasteiger partial charge is 0.269 e. The van der Waals surface area contributed by atoms with Crippen LogP contribution in [-0.2, 0) is 0 Å². The lowest BCUT2D eigenvalue weighted by Gasteiger charge is -2.23. The van der Waals surface area contributed by atoms with E-state index in [1.807, 2.05) is 6.07 Å². The Morgan fingerprint density at radius 2 is 1.95 bits per heavy atom. The molecule has 4 nitrogen and oxygen atoms in total. The van der Waals surface area contributed by atoms with Crippen molar-refractivity contribution in [1.29, 1.82) is 0 Å². The fourth-order valence-electron chi connectivity index (χ4n) is 2.56. The molecule has 1 aromatic carbocycles. The van der Waals surface area contributed by atoms with E-state index in [0.717, 1.165) is 24.3 Å². The monoisotopic (exact) mass is 292 g/mol. The Morgan fingerprint density at radius 3 is 2.52 bits per heavy atom. The minimum Gasteiger partial charge on any atom is -0.307 e. The summed E-state index contributed by atoms with van der Waals surface area (Å²) in [4.78, 5) is 10.5. The SMILES string of the molecule is CCC(NC(C)CCCC(C)C)c1cccc([N+](=O)[O-])c1. The highest BCUT2D eigenvalue weighted by molar-refractivity contribution is 5.35. The second-order valence-electron chi connectivity index (χ2n) is 6.21. The van der Waals surface area contributed by atoms with Gasteiger partial charge in [-0.05, 0) is 31.2 Å². The Hall–Kier alpha value is -1.42. The van der Waals surface area contributed by atoms with Crippen molar-refractivity contribution in [3.63, 3.8) is 0 Å². The van der Waals surface area contributed by atoms with Gasteiger partial charge in [0, 0.05) is 24.2 Å². The number of rotatable bonds is 9. The number of benzene rings is 1. The summed E-state index contributed by atoms with van der Waals surface area (Å²) in [5.74, 6) is 0.746. The summed E-state index contributed by atoms with van der Waals surface area (Å²) in [6, 6.07) is 7.56. The third kappa shape index (κ3) is 6.25. The van der Waals surface area contributed by atoms with Gasteiger partial charge in [0.1, 0.15) is 0 Å². The molecule has 0 aromatic heterocycles. The van der Waals surface area contributed by atoms with Crippen molar-refractivity contribution in [2.75, 3.05) is 0 Å². The van der Waals surface area contributed by atoms with Crippen LogP contribution in [0.15, 0.2) is 24.3 Å². The van der Waals surface area contributed by atoms with E-state index in [-0.39, 0.29) is 16.7 Å². The molecule has 118 valence electrons. The van der Waals surface area contributed by atoms with E-state index in [4.69, 9.17) is 0 Å². The average molecular weight is 292 g/mol. The summed E-state index contributed by atoms with van der Waals surface area (Å²) < 4.78 is 0. The summed E-state index contributed by atoms with van der Waals surface area (Å²) in [6.07, 6.45) is 4.54. The Balaban J connectivity index is 2.61. The topological polar surface area (TPSA) is 55.2 Å². The molecule has 1 N–H and O–H groups in total. The number of hydrogen-bond acceptors (Lipinski definition) is 3. The first-order chi connectivity index (χ1) is 9.93. The first kappa shape index (κ1) is 17.6. The van der Waals surface area contributed by atoms with Crippen LogP contribution in [0.1, 0.15) is 65.0 Å². The molecule has 0 saturated heterocycles. The van der Waals surface area contributed by atoms with E-state index < -0.39 is 0 Å². The Morgan fingerprint density at radius 1 is 1.24 bits per heavy atom. The first-order valence-electron chi connectivity index (χ1n) is 7.94. The zero-order valence-electron chi connectivity index (χ0n) is 13.6. The summed E-state index contributed by atoms with van der Waals surface area (Å²) in [7, 11) is 0. The van der Waals surface area contributed by atoms with Crippen molar-refractivity contribution in [2.45, 2.75) is 65.5 Å². The van der Waals surface area contributed by atoms with Crippen molar-refractivity contribution in [2.24, 2.45) is 5.92 Å². The van der Waals surface area contributed by atoms with E-state index in [1.165, 1.54) is 12.8 Å². The van der Waals surface area contributed by atoms with Crippen molar-refractivity contribution in [3.05, 3.63) is 39.9 Å². The van der Waals surface area contributed by atoms with E-state index >= 15 is 0 Å².